The first-order valence-electron chi connectivity index (χ1n) is 18.3. The van der Waals surface area contributed by atoms with Crippen LogP contribution in [0.25, 0.3) is 89.7 Å². The van der Waals surface area contributed by atoms with Crippen molar-refractivity contribution in [2.45, 2.75) is 12.8 Å². The van der Waals surface area contributed by atoms with Crippen LogP contribution in [0.5, 0.6) is 0 Å². The first-order valence-corrected chi connectivity index (χ1v) is 18.3. The van der Waals surface area contributed by atoms with E-state index in [0.717, 1.165) is 46.5 Å². The quantitative estimate of drug-likeness (QED) is 0.175. The number of aromatic nitrogens is 3. The van der Waals surface area contributed by atoms with Crippen LogP contribution in [-0.4, -0.2) is 14.5 Å². The summed E-state index contributed by atoms with van der Waals surface area (Å²) in [6, 6.07) is 62.7. The van der Waals surface area contributed by atoms with E-state index in [1.165, 1.54) is 55.3 Å². The lowest BCUT2D eigenvalue weighted by Gasteiger charge is -2.13. The van der Waals surface area contributed by atoms with Crippen molar-refractivity contribution in [1.29, 1.82) is 0 Å². The number of nitrogens with zero attached hydrogens (tertiary/aromatic N) is 3. The van der Waals surface area contributed by atoms with Crippen LogP contribution in [0.2, 0.25) is 0 Å². The molecule has 3 heteroatoms. The Balaban J connectivity index is 0.985. The molecule has 53 heavy (non-hydrogen) atoms. The third-order valence-electron chi connectivity index (χ3n) is 10.5. The minimum atomic E-state index is 0.708. The molecule has 0 saturated carbocycles. The van der Waals surface area contributed by atoms with Gasteiger partial charge in [-0.2, -0.15) is 0 Å². The van der Waals surface area contributed by atoms with E-state index in [4.69, 9.17) is 9.97 Å². The fourth-order valence-corrected chi connectivity index (χ4v) is 7.73. The molecule has 1 aliphatic carbocycles. The smallest absolute Gasteiger partial charge is 0.160 e. The number of para-hydroxylation sites is 1. The molecule has 7 aromatic carbocycles. The van der Waals surface area contributed by atoms with E-state index < -0.39 is 0 Å². The Labute approximate surface area is 309 Å². The van der Waals surface area contributed by atoms with E-state index >= 15 is 0 Å². The third-order valence-corrected chi connectivity index (χ3v) is 10.5. The van der Waals surface area contributed by atoms with E-state index in [2.05, 4.69) is 181 Å². The minimum Gasteiger partial charge on any atom is -0.309 e. The molecule has 250 valence electrons. The van der Waals surface area contributed by atoms with Crippen LogP contribution in [0.1, 0.15) is 17.5 Å². The molecular formula is C50H35N3. The molecule has 0 atom stereocenters. The van der Waals surface area contributed by atoms with E-state index in [-0.39, 0.29) is 0 Å². The molecule has 0 fully saturated rings. The van der Waals surface area contributed by atoms with E-state index in [1.807, 2.05) is 12.1 Å². The van der Waals surface area contributed by atoms with Gasteiger partial charge >= 0.3 is 0 Å². The predicted octanol–water partition coefficient (Wildman–Crippen LogP) is 12.9. The molecule has 2 heterocycles. The monoisotopic (exact) mass is 677 g/mol. The van der Waals surface area contributed by atoms with Gasteiger partial charge in [-0.1, -0.05) is 152 Å². The Bertz CT molecular complexity index is 2780. The fourth-order valence-electron chi connectivity index (χ4n) is 7.73. The number of rotatable bonds is 6. The Kier molecular flexibility index (Phi) is 7.62. The fraction of sp³-hybridized carbons (Fsp3) is 0.0400. The Morgan fingerprint density at radius 2 is 0.943 bits per heavy atom. The van der Waals surface area contributed by atoms with Crippen molar-refractivity contribution in [2.24, 2.45) is 0 Å². The maximum atomic E-state index is 5.10. The summed E-state index contributed by atoms with van der Waals surface area (Å²) < 4.78 is 2.42. The molecule has 0 saturated heterocycles. The van der Waals surface area contributed by atoms with Gasteiger partial charge in [0.25, 0.3) is 0 Å². The Morgan fingerprint density at radius 3 is 1.62 bits per heavy atom. The molecule has 0 amide bonds. The average molecular weight is 678 g/mol. The highest BCUT2D eigenvalue weighted by Gasteiger charge is 2.16. The van der Waals surface area contributed by atoms with Crippen LogP contribution in [0.4, 0.5) is 0 Å². The summed E-state index contributed by atoms with van der Waals surface area (Å²) in [7, 11) is 0. The molecule has 1 aliphatic rings. The predicted molar refractivity (Wildman–Crippen MR) is 221 cm³/mol. The summed E-state index contributed by atoms with van der Waals surface area (Å²) in [4.78, 5) is 10.2. The van der Waals surface area contributed by atoms with Crippen LogP contribution in [0, 0.1) is 0 Å². The van der Waals surface area contributed by atoms with Crippen molar-refractivity contribution < 1.29 is 0 Å². The van der Waals surface area contributed by atoms with Gasteiger partial charge in [-0.05, 0) is 82.6 Å². The van der Waals surface area contributed by atoms with E-state index in [9.17, 15) is 0 Å². The number of hydrogen-bond acceptors (Lipinski definition) is 2. The van der Waals surface area contributed by atoms with Crippen molar-refractivity contribution in [3.63, 3.8) is 0 Å². The zero-order valence-corrected chi connectivity index (χ0v) is 29.2. The molecular weight excluding hydrogens is 643 g/mol. The second-order valence-electron chi connectivity index (χ2n) is 13.8. The van der Waals surface area contributed by atoms with Gasteiger partial charge in [0.1, 0.15) is 0 Å². The molecule has 3 nitrogen and oxygen atoms in total. The second-order valence-corrected chi connectivity index (χ2v) is 13.8. The van der Waals surface area contributed by atoms with Crippen LogP contribution in [0.15, 0.2) is 182 Å². The summed E-state index contributed by atoms with van der Waals surface area (Å²) in [5, 5.41) is 2.59. The molecule has 0 N–H and O–H groups in total. The van der Waals surface area contributed by atoms with Crippen molar-refractivity contribution >= 4 is 27.9 Å². The van der Waals surface area contributed by atoms with E-state index in [0.29, 0.717) is 5.82 Å². The Hall–Kier alpha value is -6.84. The van der Waals surface area contributed by atoms with Crippen molar-refractivity contribution in [1.82, 2.24) is 14.5 Å². The van der Waals surface area contributed by atoms with Gasteiger partial charge < -0.3 is 4.57 Å². The largest absolute Gasteiger partial charge is 0.309 e. The van der Waals surface area contributed by atoms with Gasteiger partial charge in [0, 0.05) is 33.2 Å². The van der Waals surface area contributed by atoms with Crippen molar-refractivity contribution in [2.75, 3.05) is 0 Å². The van der Waals surface area contributed by atoms with Gasteiger partial charge in [-0.3, -0.25) is 0 Å². The minimum absolute atomic E-state index is 0.708. The average Bonchev–Trinajstić information content (AvgIpc) is 3.56. The summed E-state index contributed by atoms with van der Waals surface area (Å²) in [5.74, 6) is 0.708. The normalized spacial score (nSPS) is 12.3. The third kappa shape index (κ3) is 5.73. The highest BCUT2D eigenvalue weighted by atomic mass is 15.0. The summed E-state index contributed by atoms with van der Waals surface area (Å²) in [6.45, 7) is 0. The first-order chi connectivity index (χ1) is 26.2. The number of aryl methyl sites for hydroxylation is 1. The van der Waals surface area contributed by atoms with E-state index in [1.54, 1.807) is 0 Å². The molecule has 2 aromatic heterocycles. The maximum Gasteiger partial charge on any atom is 0.160 e. The standard InChI is InChI=1S/C50H35N3/c1-3-11-34(12-4-1)35-19-23-39(24-20-35)47-33-46(38-13-5-2-6-14-38)51-50(52-47)40-25-21-36(22-26-40)37-27-29-43(30-28-37)53-48-18-10-9-17-44(48)45-31-41-15-7-8-16-42(41)32-49(45)53/h1-7,9-15,17-33H,8,16H2. The zero-order valence-electron chi connectivity index (χ0n) is 29.2. The maximum absolute atomic E-state index is 5.10. The number of hydrogen-bond donors (Lipinski definition) is 0. The first kappa shape index (κ1) is 30.9. The number of benzene rings is 7. The molecule has 0 bridgehead atoms. The number of allylic oxidation sites excluding steroid dienone is 1. The van der Waals surface area contributed by atoms with Gasteiger partial charge in [-0.25, -0.2) is 9.97 Å². The van der Waals surface area contributed by atoms with Crippen molar-refractivity contribution in [3.05, 3.63) is 193 Å². The molecule has 0 radical (unpaired) electrons. The van der Waals surface area contributed by atoms with Crippen LogP contribution in [-0.2, 0) is 6.42 Å². The molecule has 0 aliphatic heterocycles. The lowest BCUT2D eigenvalue weighted by molar-refractivity contribution is 0.986. The molecule has 0 unspecified atom stereocenters. The van der Waals surface area contributed by atoms with Crippen LogP contribution in [0.3, 0.4) is 0 Å². The summed E-state index contributed by atoms with van der Waals surface area (Å²) in [5.41, 5.74) is 16.0. The Morgan fingerprint density at radius 1 is 0.415 bits per heavy atom. The molecule has 10 rings (SSSR count). The van der Waals surface area contributed by atoms with Crippen LogP contribution < -0.4 is 0 Å². The van der Waals surface area contributed by atoms with Crippen LogP contribution >= 0.6 is 0 Å². The van der Waals surface area contributed by atoms with Gasteiger partial charge in [0.05, 0.1) is 22.4 Å². The van der Waals surface area contributed by atoms with Gasteiger partial charge in [0.15, 0.2) is 5.82 Å². The van der Waals surface area contributed by atoms with Crippen molar-refractivity contribution in [3.8, 4) is 61.8 Å². The highest BCUT2D eigenvalue weighted by Crippen LogP contribution is 2.36. The van der Waals surface area contributed by atoms with Gasteiger partial charge in [-0.15, -0.1) is 0 Å². The van der Waals surface area contributed by atoms with Gasteiger partial charge in [0.2, 0.25) is 0 Å². The summed E-state index contributed by atoms with van der Waals surface area (Å²) >= 11 is 0. The molecule has 9 aromatic rings. The second kappa shape index (κ2) is 13.0. The SMILES string of the molecule is C1=Cc2cc3c4ccccc4n(-c4ccc(-c5ccc(-c6nc(-c7ccccc7)cc(-c7ccc(-c8ccccc8)cc7)n6)cc5)cc4)c3cc2CC1. The lowest BCUT2D eigenvalue weighted by atomic mass is 9.95. The topological polar surface area (TPSA) is 30.7 Å². The zero-order chi connectivity index (χ0) is 35.1. The highest BCUT2D eigenvalue weighted by molar-refractivity contribution is 6.10. The summed E-state index contributed by atoms with van der Waals surface area (Å²) in [6.07, 6.45) is 6.75. The lowest BCUT2D eigenvalue weighted by Crippen LogP contribution is -1.97. The number of fused-ring (bicyclic) bond motifs is 4. The molecule has 0 spiro atoms.